The molecule has 0 aliphatic rings. The van der Waals surface area contributed by atoms with E-state index < -0.39 is 16.6 Å². The van der Waals surface area contributed by atoms with Crippen LogP contribution in [0.2, 0.25) is 5.02 Å². The highest BCUT2D eigenvalue weighted by Crippen LogP contribution is 2.25. The van der Waals surface area contributed by atoms with Crippen LogP contribution in [0.1, 0.15) is 21.6 Å². The van der Waals surface area contributed by atoms with E-state index in [4.69, 9.17) is 11.6 Å². The molecule has 11 heteroatoms. The van der Waals surface area contributed by atoms with Crippen molar-refractivity contribution in [2.75, 3.05) is 5.32 Å². The monoisotopic (exact) mass is 361 g/mol. The molecule has 2 aromatic heterocycles. The summed E-state index contributed by atoms with van der Waals surface area (Å²) in [7, 11) is 0. The summed E-state index contributed by atoms with van der Waals surface area (Å²) in [5.41, 5.74) is 1.88. The number of aryl methyl sites for hydroxylation is 1. The Kier molecular flexibility index (Phi) is 4.44. The summed E-state index contributed by atoms with van der Waals surface area (Å²) in [6.07, 6.45) is 1.46. The molecule has 0 unspecified atom stereocenters. The van der Waals surface area contributed by atoms with E-state index in [0.717, 1.165) is 11.1 Å². The molecule has 0 atom stereocenters. The van der Waals surface area contributed by atoms with E-state index in [-0.39, 0.29) is 16.7 Å². The molecule has 128 valence electrons. The van der Waals surface area contributed by atoms with E-state index in [0.29, 0.717) is 6.54 Å². The van der Waals surface area contributed by atoms with Crippen molar-refractivity contribution >= 4 is 29.3 Å². The average molecular weight is 362 g/mol. The minimum Gasteiger partial charge on any atom is -0.358 e. The van der Waals surface area contributed by atoms with E-state index in [2.05, 4.69) is 25.6 Å². The Morgan fingerprint density at radius 1 is 1.40 bits per heavy atom. The molecule has 10 nitrogen and oxygen atoms in total. The summed E-state index contributed by atoms with van der Waals surface area (Å²) in [6, 6.07) is 7.92. The molecule has 1 aromatic carbocycles. The van der Waals surface area contributed by atoms with E-state index in [9.17, 15) is 14.9 Å². The third kappa shape index (κ3) is 3.63. The maximum absolute atomic E-state index is 12.1. The van der Waals surface area contributed by atoms with Crippen LogP contribution in [0, 0.1) is 17.0 Å². The van der Waals surface area contributed by atoms with Gasteiger partial charge in [0.25, 0.3) is 5.91 Å². The second-order valence-corrected chi connectivity index (χ2v) is 5.58. The standard InChI is InChI=1S/C14H12ClN7O3/c1-8-2-4-9(5-3-8)6-21-7-16-14(20-21)17-13(23)11-10(15)12(19-18-11)22(24)25/h2-5,7H,6H2,1H3,(H,18,19)(H,17,20,23). The van der Waals surface area contributed by atoms with E-state index >= 15 is 0 Å². The molecule has 0 fully saturated rings. The zero-order valence-corrected chi connectivity index (χ0v) is 13.7. The summed E-state index contributed by atoms with van der Waals surface area (Å²) in [4.78, 5) is 26.0. The average Bonchev–Trinajstić information content (AvgIpc) is 3.16. The number of H-pyrrole nitrogens is 1. The Morgan fingerprint density at radius 2 is 2.12 bits per heavy atom. The third-order valence-electron chi connectivity index (χ3n) is 3.31. The van der Waals surface area contributed by atoms with Gasteiger partial charge in [0.05, 0.1) is 6.54 Å². The van der Waals surface area contributed by atoms with Gasteiger partial charge in [-0.15, -0.1) is 10.2 Å². The van der Waals surface area contributed by atoms with Crippen molar-refractivity contribution in [3.8, 4) is 0 Å². The number of nitrogens with zero attached hydrogens (tertiary/aromatic N) is 5. The SMILES string of the molecule is Cc1ccc(Cn2cnc(NC(=O)c3n[nH]c([N+](=O)[O-])c3Cl)n2)cc1. The van der Waals surface area contributed by atoms with Crippen LogP contribution in [0.15, 0.2) is 30.6 Å². The van der Waals surface area contributed by atoms with Crippen LogP contribution in [-0.4, -0.2) is 35.8 Å². The van der Waals surface area contributed by atoms with Crippen molar-refractivity contribution in [1.82, 2.24) is 25.0 Å². The molecule has 0 saturated heterocycles. The number of aromatic nitrogens is 5. The quantitative estimate of drug-likeness (QED) is 0.528. The largest absolute Gasteiger partial charge is 0.362 e. The lowest BCUT2D eigenvalue weighted by molar-refractivity contribution is -0.389. The predicted molar refractivity (Wildman–Crippen MR) is 88.5 cm³/mol. The van der Waals surface area contributed by atoms with Crippen LogP contribution in [0.4, 0.5) is 11.8 Å². The van der Waals surface area contributed by atoms with Gasteiger partial charge in [-0.05, 0) is 17.4 Å². The van der Waals surface area contributed by atoms with Crippen molar-refractivity contribution in [1.29, 1.82) is 0 Å². The first-order valence-electron chi connectivity index (χ1n) is 7.08. The molecular weight excluding hydrogens is 350 g/mol. The lowest BCUT2D eigenvalue weighted by Crippen LogP contribution is -2.14. The molecule has 0 bridgehead atoms. The maximum Gasteiger partial charge on any atom is 0.362 e. The summed E-state index contributed by atoms with van der Waals surface area (Å²) in [5, 5.41) is 22.5. The number of nitrogens with one attached hydrogen (secondary N) is 2. The molecule has 3 rings (SSSR count). The van der Waals surface area contributed by atoms with Crippen molar-refractivity contribution in [3.05, 3.63) is 62.6 Å². The predicted octanol–water partition coefficient (Wildman–Crippen LogP) is 2.17. The highest BCUT2D eigenvalue weighted by atomic mass is 35.5. The van der Waals surface area contributed by atoms with Gasteiger partial charge in [0.2, 0.25) is 5.95 Å². The fourth-order valence-electron chi connectivity index (χ4n) is 2.06. The first-order chi connectivity index (χ1) is 11.9. The Labute approximate surface area is 146 Å². The first kappa shape index (κ1) is 16.6. The Morgan fingerprint density at radius 3 is 2.76 bits per heavy atom. The van der Waals surface area contributed by atoms with E-state index in [1.807, 2.05) is 31.2 Å². The van der Waals surface area contributed by atoms with Crippen LogP contribution in [0.5, 0.6) is 0 Å². The topological polar surface area (TPSA) is 132 Å². The van der Waals surface area contributed by atoms with Crippen LogP contribution in [0.3, 0.4) is 0 Å². The molecule has 0 saturated carbocycles. The normalized spacial score (nSPS) is 10.6. The molecule has 2 heterocycles. The number of amides is 1. The Bertz CT molecular complexity index is 932. The number of rotatable bonds is 5. The van der Waals surface area contributed by atoms with Crippen LogP contribution >= 0.6 is 11.6 Å². The molecular formula is C14H12ClN7O3. The van der Waals surface area contributed by atoms with Gasteiger partial charge >= 0.3 is 5.82 Å². The van der Waals surface area contributed by atoms with Crippen molar-refractivity contribution in [2.24, 2.45) is 0 Å². The zero-order chi connectivity index (χ0) is 18.0. The Balaban J connectivity index is 1.69. The summed E-state index contributed by atoms with van der Waals surface area (Å²) >= 11 is 5.76. The first-order valence-corrected chi connectivity index (χ1v) is 7.46. The zero-order valence-electron chi connectivity index (χ0n) is 12.9. The van der Waals surface area contributed by atoms with E-state index in [1.54, 1.807) is 4.68 Å². The number of hydrogen-bond donors (Lipinski definition) is 2. The summed E-state index contributed by atoms with van der Waals surface area (Å²) in [6.45, 7) is 2.48. The highest BCUT2D eigenvalue weighted by Gasteiger charge is 2.25. The van der Waals surface area contributed by atoms with Gasteiger partial charge in [0.1, 0.15) is 6.33 Å². The number of halogens is 1. The van der Waals surface area contributed by atoms with Gasteiger partial charge in [-0.3, -0.25) is 10.1 Å². The van der Waals surface area contributed by atoms with Crippen LogP contribution in [0.25, 0.3) is 0 Å². The van der Waals surface area contributed by atoms with Gasteiger partial charge in [0.15, 0.2) is 10.7 Å². The fourth-order valence-corrected chi connectivity index (χ4v) is 2.30. The molecule has 2 N–H and O–H groups in total. The minimum atomic E-state index is -0.763. The number of aromatic amines is 1. The minimum absolute atomic E-state index is 0.0406. The lowest BCUT2D eigenvalue weighted by atomic mass is 10.1. The Hall–Kier alpha value is -3.27. The van der Waals surface area contributed by atoms with Gasteiger partial charge in [-0.2, -0.15) is 0 Å². The number of nitro groups is 1. The van der Waals surface area contributed by atoms with Gasteiger partial charge in [-0.25, -0.2) is 9.67 Å². The summed E-state index contributed by atoms with van der Waals surface area (Å²) < 4.78 is 1.55. The number of carbonyl (C=O) groups is 1. The fraction of sp³-hybridized carbons (Fsp3) is 0.143. The molecule has 1 amide bonds. The van der Waals surface area contributed by atoms with E-state index in [1.165, 1.54) is 6.33 Å². The number of anilines is 1. The number of hydrogen-bond acceptors (Lipinski definition) is 6. The van der Waals surface area contributed by atoms with Gasteiger partial charge < -0.3 is 10.1 Å². The van der Waals surface area contributed by atoms with Crippen molar-refractivity contribution in [2.45, 2.75) is 13.5 Å². The lowest BCUT2D eigenvalue weighted by Gasteiger charge is -2.01. The van der Waals surface area contributed by atoms with Crippen molar-refractivity contribution in [3.63, 3.8) is 0 Å². The summed E-state index contributed by atoms with van der Waals surface area (Å²) in [5.74, 6) is -1.26. The molecule has 0 aliphatic carbocycles. The molecule has 25 heavy (non-hydrogen) atoms. The van der Waals surface area contributed by atoms with Gasteiger partial charge in [-0.1, -0.05) is 46.5 Å². The van der Waals surface area contributed by atoms with Gasteiger partial charge in [0, 0.05) is 0 Å². The molecule has 3 aromatic rings. The molecule has 0 spiro atoms. The van der Waals surface area contributed by atoms with Crippen LogP contribution in [-0.2, 0) is 6.54 Å². The molecule has 0 aliphatic heterocycles. The van der Waals surface area contributed by atoms with Crippen LogP contribution < -0.4 is 5.32 Å². The van der Waals surface area contributed by atoms with Crippen molar-refractivity contribution < 1.29 is 9.72 Å². The number of carbonyl (C=O) groups excluding carboxylic acids is 1. The smallest absolute Gasteiger partial charge is 0.358 e. The second-order valence-electron chi connectivity index (χ2n) is 5.20. The maximum atomic E-state index is 12.1. The number of benzene rings is 1. The highest BCUT2D eigenvalue weighted by molar-refractivity contribution is 6.35. The third-order valence-corrected chi connectivity index (χ3v) is 3.67. The molecule has 0 radical (unpaired) electrons. The second kappa shape index (κ2) is 6.69.